The van der Waals surface area contributed by atoms with Crippen LogP contribution < -0.4 is 0 Å². The van der Waals surface area contributed by atoms with Gasteiger partial charge in [0.2, 0.25) is 0 Å². The topological polar surface area (TPSA) is 50.2 Å². The molecule has 0 fully saturated rings. The second-order valence-electron chi connectivity index (χ2n) is 3.57. The van der Waals surface area contributed by atoms with Crippen molar-refractivity contribution in [1.29, 1.82) is 0 Å². The molecule has 0 atom stereocenters. The predicted octanol–water partition coefficient (Wildman–Crippen LogP) is 2.91. The van der Waals surface area contributed by atoms with E-state index in [9.17, 15) is 4.79 Å². The maximum absolute atomic E-state index is 10.5. The third kappa shape index (κ3) is 2.49. The van der Waals surface area contributed by atoms with E-state index in [4.69, 9.17) is 16.7 Å². The Balaban J connectivity index is 2.31. The van der Waals surface area contributed by atoms with E-state index in [0.29, 0.717) is 11.4 Å². The first-order valence-corrected chi connectivity index (χ1v) is 5.29. The summed E-state index contributed by atoms with van der Waals surface area (Å²) in [5.74, 6) is -0.788. The van der Waals surface area contributed by atoms with Crippen LogP contribution in [0.2, 0.25) is 5.02 Å². The molecule has 1 aromatic carbocycles. The van der Waals surface area contributed by atoms with Crippen LogP contribution in [0.4, 0.5) is 0 Å². The van der Waals surface area contributed by atoms with Crippen LogP contribution in [0.1, 0.15) is 12.0 Å². The number of benzene rings is 1. The average Bonchev–Trinajstić information content (AvgIpc) is 2.25. The zero-order valence-electron chi connectivity index (χ0n) is 8.48. The van der Waals surface area contributed by atoms with Gasteiger partial charge in [-0.1, -0.05) is 17.7 Å². The Bertz CT molecular complexity index is 540. The van der Waals surface area contributed by atoms with Gasteiger partial charge in [0.15, 0.2) is 0 Å². The summed E-state index contributed by atoms with van der Waals surface area (Å²) in [7, 11) is 0. The van der Waals surface area contributed by atoms with Crippen LogP contribution in [-0.4, -0.2) is 16.1 Å². The summed E-state index contributed by atoms with van der Waals surface area (Å²) in [6, 6.07) is 7.53. The van der Waals surface area contributed by atoms with Gasteiger partial charge in [-0.2, -0.15) is 0 Å². The summed E-state index contributed by atoms with van der Waals surface area (Å²) in [6.07, 6.45) is 2.26. The van der Waals surface area contributed by atoms with Gasteiger partial charge in [-0.05, 0) is 30.2 Å². The molecule has 4 heteroatoms. The minimum Gasteiger partial charge on any atom is -0.481 e. The Hall–Kier alpha value is -1.61. The van der Waals surface area contributed by atoms with Gasteiger partial charge < -0.3 is 5.11 Å². The molecule has 1 aromatic heterocycles. The van der Waals surface area contributed by atoms with Crippen molar-refractivity contribution in [2.24, 2.45) is 0 Å². The van der Waals surface area contributed by atoms with E-state index in [1.54, 1.807) is 6.20 Å². The van der Waals surface area contributed by atoms with Crippen molar-refractivity contribution in [3.05, 3.63) is 41.0 Å². The second kappa shape index (κ2) is 4.49. The summed E-state index contributed by atoms with van der Waals surface area (Å²) in [6.45, 7) is 0. The number of nitrogens with zero attached hydrogens (tertiary/aromatic N) is 1. The summed E-state index contributed by atoms with van der Waals surface area (Å²) in [5, 5.41) is 10.1. The van der Waals surface area contributed by atoms with Gasteiger partial charge in [0.25, 0.3) is 0 Å². The molecule has 0 bridgehead atoms. The number of aliphatic carboxylic acids is 1. The van der Waals surface area contributed by atoms with Crippen molar-refractivity contribution in [3.63, 3.8) is 0 Å². The van der Waals surface area contributed by atoms with Crippen LogP contribution in [0.15, 0.2) is 30.5 Å². The Kier molecular flexibility index (Phi) is 3.06. The highest BCUT2D eigenvalue weighted by atomic mass is 35.5. The lowest BCUT2D eigenvalue weighted by atomic mass is 10.1. The maximum Gasteiger partial charge on any atom is 0.303 e. The highest BCUT2D eigenvalue weighted by molar-refractivity contribution is 6.31. The molecule has 3 nitrogen and oxygen atoms in total. The fourth-order valence-electron chi connectivity index (χ4n) is 1.56. The van der Waals surface area contributed by atoms with Gasteiger partial charge >= 0.3 is 5.97 Å². The molecule has 0 saturated heterocycles. The normalized spacial score (nSPS) is 10.6. The van der Waals surface area contributed by atoms with Gasteiger partial charge in [0.05, 0.1) is 10.5 Å². The van der Waals surface area contributed by atoms with Crippen LogP contribution in [0.5, 0.6) is 0 Å². The molecule has 0 unspecified atom stereocenters. The Morgan fingerprint density at radius 3 is 2.94 bits per heavy atom. The molecule has 0 spiro atoms. The molecule has 0 aliphatic carbocycles. The summed E-state index contributed by atoms with van der Waals surface area (Å²) < 4.78 is 0. The van der Waals surface area contributed by atoms with E-state index in [0.717, 1.165) is 16.5 Å². The van der Waals surface area contributed by atoms with Gasteiger partial charge in [0, 0.05) is 18.0 Å². The average molecular weight is 236 g/mol. The lowest BCUT2D eigenvalue weighted by Crippen LogP contribution is -1.97. The molecular weight excluding hydrogens is 226 g/mol. The number of fused-ring (bicyclic) bond motifs is 1. The SMILES string of the molecule is O=C(O)CCc1ccc2ncc(Cl)cc2c1. The lowest BCUT2D eigenvalue weighted by molar-refractivity contribution is -0.136. The van der Waals surface area contributed by atoms with Gasteiger partial charge in [0.1, 0.15) is 0 Å². The summed E-state index contributed by atoms with van der Waals surface area (Å²) >= 11 is 5.84. The maximum atomic E-state index is 10.5. The third-order valence-corrected chi connectivity index (χ3v) is 2.55. The molecule has 1 heterocycles. The van der Waals surface area contributed by atoms with Crippen LogP contribution in [-0.2, 0) is 11.2 Å². The van der Waals surface area contributed by atoms with Crippen LogP contribution >= 0.6 is 11.6 Å². The molecule has 0 aliphatic rings. The molecule has 16 heavy (non-hydrogen) atoms. The van der Waals surface area contributed by atoms with E-state index in [2.05, 4.69) is 4.98 Å². The minimum atomic E-state index is -0.788. The number of aromatic nitrogens is 1. The Morgan fingerprint density at radius 2 is 2.19 bits per heavy atom. The lowest BCUT2D eigenvalue weighted by Gasteiger charge is -2.02. The molecule has 0 aliphatic heterocycles. The van der Waals surface area contributed by atoms with Crippen LogP contribution in [0.3, 0.4) is 0 Å². The van der Waals surface area contributed by atoms with Crippen molar-refractivity contribution in [1.82, 2.24) is 4.98 Å². The minimum absolute atomic E-state index is 0.138. The van der Waals surface area contributed by atoms with Crippen molar-refractivity contribution in [2.45, 2.75) is 12.8 Å². The van der Waals surface area contributed by atoms with E-state index in [1.165, 1.54) is 0 Å². The number of hydrogen-bond donors (Lipinski definition) is 1. The predicted molar refractivity (Wildman–Crippen MR) is 62.7 cm³/mol. The number of carboxylic acids is 1. The number of pyridine rings is 1. The Morgan fingerprint density at radius 1 is 1.38 bits per heavy atom. The monoisotopic (exact) mass is 235 g/mol. The third-order valence-electron chi connectivity index (χ3n) is 2.34. The van der Waals surface area contributed by atoms with Gasteiger partial charge in [-0.15, -0.1) is 0 Å². The summed E-state index contributed by atoms with van der Waals surface area (Å²) in [4.78, 5) is 14.6. The zero-order chi connectivity index (χ0) is 11.5. The summed E-state index contributed by atoms with van der Waals surface area (Å²) in [5.41, 5.74) is 1.85. The number of carbonyl (C=O) groups is 1. The highest BCUT2D eigenvalue weighted by Crippen LogP contribution is 2.18. The number of hydrogen-bond acceptors (Lipinski definition) is 2. The molecular formula is C12H10ClNO2. The standard InChI is InChI=1S/C12H10ClNO2/c13-10-6-9-5-8(2-4-12(15)16)1-3-11(9)14-7-10/h1,3,5-7H,2,4H2,(H,15,16). The smallest absolute Gasteiger partial charge is 0.303 e. The van der Waals surface area contributed by atoms with Crippen LogP contribution in [0, 0.1) is 0 Å². The number of carboxylic acid groups (broad SMARTS) is 1. The van der Waals surface area contributed by atoms with Crippen LogP contribution in [0.25, 0.3) is 10.9 Å². The molecule has 2 rings (SSSR count). The highest BCUT2D eigenvalue weighted by Gasteiger charge is 2.01. The van der Waals surface area contributed by atoms with E-state index >= 15 is 0 Å². The second-order valence-corrected chi connectivity index (χ2v) is 4.01. The van der Waals surface area contributed by atoms with Gasteiger partial charge in [-0.3, -0.25) is 9.78 Å². The molecule has 2 aromatic rings. The van der Waals surface area contributed by atoms with E-state index in [1.807, 2.05) is 24.3 Å². The Labute approximate surface area is 97.7 Å². The molecule has 0 saturated carbocycles. The first-order chi connectivity index (χ1) is 7.65. The first-order valence-electron chi connectivity index (χ1n) is 4.91. The van der Waals surface area contributed by atoms with Crippen molar-refractivity contribution >= 4 is 28.5 Å². The first kappa shape index (κ1) is 10.9. The van der Waals surface area contributed by atoms with Crippen molar-refractivity contribution in [3.8, 4) is 0 Å². The van der Waals surface area contributed by atoms with Gasteiger partial charge in [-0.25, -0.2) is 0 Å². The largest absolute Gasteiger partial charge is 0.481 e. The number of aryl methyl sites for hydroxylation is 1. The number of rotatable bonds is 3. The quantitative estimate of drug-likeness (QED) is 0.890. The van der Waals surface area contributed by atoms with Crippen molar-refractivity contribution < 1.29 is 9.90 Å². The fraction of sp³-hybridized carbons (Fsp3) is 0.167. The molecule has 1 N–H and O–H groups in total. The molecule has 0 amide bonds. The number of halogens is 1. The molecule has 82 valence electrons. The van der Waals surface area contributed by atoms with E-state index < -0.39 is 5.97 Å². The van der Waals surface area contributed by atoms with E-state index in [-0.39, 0.29) is 6.42 Å². The fourth-order valence-corrected chi connectivity index (χ4v) is 1.73. The molecule has 0 radical (unpaired) electrons. The zero-order valence-corrected chi connectivity index (χ0v) is 9.24. The van der Waals surface area contributed by atoms with Crippen molar-refractivity contribution in [2.75, 3.05) is 0 Å².